The van der Waals surface area contributed by atoms with Gasteiger partial charge in [-0.3, -0.25) is 0 Å². The molecule has 0 aromatic carbocycles. The summed E-state index contributed by atoms with van der Waals surface area (Å²) in [5.74, 6) is 0.816. The highest BCUT2D eigenvalue weighted by Gasteiger charge is 2.47. The second-order valence-corrected chi connectivity index (χ2v) is 8.10. The number of hydrogen-bond acceptors (Lipinski definition) is 4. The summed E-state index contributed by atoms with van der Waals surface area (Å²) < 4.78 is 11.9. The monoisotopic (exact) mass is 330 g/mol. The lowest BCUT2D eigenvalue weighted by molar-refractivity contribution is -0.178. The molecule has 1 rings (SSSR count). The summed E-state index contributed by atoms with van der Waals surface area (Å²) >= 11 is 0. The van der Waals surface area contributed by atoms with Crippen molar-refractivity contribution in [3.8, 4) is 0 Å². The SMILES string of the molecule is CC(C)CCCC(C)CCCC1(C)O[C@H]([C@@H](C)O)[C@@H]([C@@H](C)O)O1. The highest BCUT2D eigenvalue weighted by Crippen LogP contribution is 2.36. The molecule has 5 atom stereocenters. The van der Waals surface area contributed by atoms with E-state index in [1.807, 2.05) is 6.92 Å². The second kappa shape index (κ2) is 9.36. The molecule has 1 aliphatic rings. The van der Waals surface area contributed by atoms with E-state index in [1.165, 1.54) is 25.7 Å². The van der Waals surface area contributed by atoms with Crippen LogP contribution < -0.4 is 0 Å². The van der Waals surface area contributed by atoms with Crippen molar-refractivity contribution in [1.29, 1.82) is 0 Å². The third-order valence-corrected chi connectivity index (χ3v) is 4.85. The molecule has 2 N–H and O–H groups in total. The average Bonchev–Trinajstić information content (AvgIpc) is 2.77. The fourth-order valence-corrected chi connectivity index (χ4v) is 3.39. The molecular weight excluding hydrogens is 292 g/mol. The van der Waals surface area contributed by atoms with Gasteiger partial charge < -0.3 is 19.7 Å². The lowest BCUT2D eigenvalue weighted by atomic mass is 9.94. The van der Waals surface area contributed by atoms with E-state index in [1.54, 1.807) is 13.8 Å². The first kappa shape index (κ1) is 20.9. The second-order valence-electron chi connectivity index (χ2n) is 8.10. The first-order valence-electron chi connectivity index (χ1n) is 9.36. The van der Waals surface area contributed by atoms with Crippen molar-refractivity contribution in [2.24, 2.45) is 11.8 Å². The Balaban J connectivity index is 2.36. The molecule has 0 aromatic rings. The van der Waals surface area contributed by atoms with Gasteiger partial charge in [-0.05, 0) is 39.0 Å². The van der Waals surface area contributed by atoms with Crippen molar-refractivity contribution in [2.75, 3.05) is 0 Å². The number of ether oxygens (including phenoxy) is 2. The van der Waals surface area contributed by atoms with E-state index in [-0.39, 0.29) is 0 Å². The van der Waals surface area contributed by atoms with Gasteiger partial charge >= 0.3 is 0 Å². The first-order valence-corrected chi connectivity index (χ1v) is 9.36. The van der Waals surface area contributed by atoms with Crippen LogP contribution in [-0.2, 0) is 9.47 Å². The molecule has 1 saturated heterocycles. The molecule has 0 saturated carbocycles. The average molecular weight is 331 g/mol. The Bertz CT molecular complexity index is 311. The molecule has 0 aliphatic carbocycles. The molecule has 4 nitrogen and oxygen atoms in total. The Kier molecular flexibility index (Phi) is 8.50. The molecule has 1 fully saturated rings. The number of aliphatic hydroxyl groups excluding tert-OH is 2. The molecule has 1 heterocycles. The van der Waals surface area contributed by atoms with Crippen molar-refractivity contribution in [2.45, 2.75) is 110 Å². The Hall–Kier alpha value is -0.160. The van der Waals surface area contributed by atoms with Crippen LogP contribution >= 0.6 is 0 Å². The molecule has 0 spiro atoms. The van der Waals surface area contributed by atoms with Crippen LogP contribution in [0, 0.1) is 11.8 Å². The van der Waals surface area contributed by atoms with Crippen LogP contribution in [0.4, 0.5) is 0 Å². The topological polar surface area (TPSA) is 58.9 Å². The normalized spacial score (nSPS) is 32.2. The number of aliphatic hydroxyl groups is 2. The molecular formula is C19H38O4. The Labute approximate surface area is 142 Å². The summed E-state index contributed by atoms with van der Waals surface area (Å²) in [6.45, 7) is 12.2. The van der Waals surface area contributed by atoms with Crippen LogP contribution in [0.5, 0.6) is 0 Å². The van der Waals surface area contributed by atoms with Crippen LogP contribution in [0.3, 0.4) is 0 Å². The largest absolute Gasteiger partial charge is 0.391 e. The quantitative estimate of drug-likeness (QED) is 0.638. The van der Waals surface area contributed by atoms with Gasteiger partial charge in [-0.15, -0.1) is 0 Å². The van der Waals surface area contributed by atoms with Gasteiger partial charge in [0.15, 0.2) is 5.79 Å². The predicted octanol–water partition coefficient (Wildman–Crippen LogP) is 3.88. The van der Waals surface area contributed by atoms with E-state index < -0.39 is 30.2 Å². The van der Waals surface area contributed by atoms with E-state index in [9.17, 15) is 10.2 Å². The maximum Gasteiger partial charge on any atom is 0.166 e. The maximum absolute atomic E-state index is 9.84. The molecule has 1 aliphatic heterocycles. The predicted molar refractivity (Wildman–Crippen MR) is 93.2 cm³/mol. The van der Waals surface area contributed by atoms with Gasteiger partial charge in [0.25, 0.3) is 0 Å². The Morgan fingerprint density at radius 2 is 1.30 bits per heavy atom. The highest BCUT2D eigenvalue weighted by atomic mass is 16.8. The molecule has 0 radical (unpaired) electrons. The van der Waals surface area contributed by atoms with Crippen LogP contribution in [0.15, 0.2) is 0 Å². The van der Waals surface area contributed by atoms with Crippen molar-refractivity contribution in [3.05, 3.63) is 0 Å². The van der Waals surface area contributed by atoms with Gasteiger partial charge in [-0.1, -0.05) is 46.5 Å². The van der Waals surface area contributed by atoms with Gasteiger partial charge in [-0.2, -0.15) is 0 Å². The number of rotatable bonds is 10. The van der Waals surface area contributed by atoms with Crippen molar-refractivity contribution >= 4 is 0 Å². The van der Waals surface area contributed by atoms with Gasteiger partial charge in [0, 0.05) is 6.42 Å². The summed E-state index contributed by atoms with van der Waals surface area (Å²) in [4.78, 5) is 0. The maximum atomic E-state index is 9.84. The smallest absolute Gasteiger partial charge is 0.166 e. The van der Waals surface area contributed by atoms with Crippen LogP contribution in [0.1, 0.15) is 80.1 Å². The van der Waals surface area contributed by atoms with E-state index in [4.69, 9.17) is 9.47 Å². The summed E-state index contributed by atoms with van der Waals surface area (Å²) in [7, 11) is 0. The van der Waals surface area contributed by atoms with E-state index in [0.29, 0.717) is 0 Å². The summed E-state index contributed by atoms with van der Waals surface area (Å²) in [5.41, 5.74) is 0. The molecule has 0 bridgehead atoms. The lowest BCUT2D eigenvalue weighted by Gasteiger charge is -2.24. The molecule has 23 heavy (non-hydrogen) atoms. The molecule has 4 heteroatoms. The summed E-state index contributed by atoms with van der Waals surface area (Å²) in [5, 5.41) is 19.7. The van der Waals surface area contributed by atoms with Crippen LogP contribution in [-0.4, -0.2) is 40.4 Å². The Morgan fingerprint density at radius 1 is 0.826 bits per heavy atom. The van der Waals surface area contributed by atoms with Crippen LogP contribution in [0.25, 0.3) is 0 Å². The zero-order valence-electron chi connectivity index (χ0n) is 15.9. The van der Waals surface area contributed by atoms with Gasteiger partial charge in [0.2, 0.25) is 0 Å². The van der Waals surface area contributed by atoms with Crippen molar-refractivity contribution in [3.63, 3.8) is 0 Å². The molecule has 0 aromatic heterocycles. The van der Waals surface area contributed by atoms with E-state index in [0.717, 1.165) is 24.7 Å². The van der Waals surface area contributed by atoms with Crippen molar-refractivity contribution in [1.82, 2.24) is 0 Å². The third kappa shape index (κ3) is 7.08. The molecule has 138 valence electrons. The minimum atomic E-state index is -0.693. The Morgan fingerprint density at radius 3 is 1.74 bits per heavy atom. The van der Waals surface area contributed by atoms with Gasteiger partial charge in [-0.25, -0.2) is 0 Å². The van der Waals surface area contributed by atoms with Crippen LogP contribution in [0.2, 0.25) is 0 Å². The first-order chi connectivity index (χ1) is 10.6. The number of hydrogen-bond donors (Lipinski definition) is 2. The minimum absolute atomic E-state index is 0.455. The van der Waals surface area contributed by atoms with Gasteiger partial charge in [0.1, 0.15) is 12.2 Å². The fraction of sp³-hybridized carbons (Fsp3) is 1.00. The zero-order chi connectivity index (χ0) is 17.6. The standard InChI is InChI=1S/C19H38O4/c1-13(2)9-7-10-14(3)11-8-12-19(6)22-17(15(4)20)18(23-19)16(5)21/h13-18,20-21H,7-12H2,1-6H3/t14?,15-,16-,17-,18-/m1/s1. The fourth-order valence-electron chi connectivity index (χ4n) is 3.39. The third-order valence-electron chi connectivity index (χ3n) is 4.85. The molecule has 0 amide bonds. The highest BCUT2D eigenvalue weighted by molar-refractivity contribution is 4.89. The molecule has 1 unspecified atom stereocenters. The summed E-state index contributed by atoms with van der Waals surface area (Å²) in [6.07, 6.45) is 4.69. The lowest BCUT2D eigenvalue weighted by Crippen LogP contribution is -2.39. The minimum Gasteiger partial charge on any atom is -0.391 e. The van der Waals surface area contributed by atoms with Gasteiger partial charge in [0.05, 0.1) is 12.2 Å². The van der Waals surface area contributed by atoms with Crippen molar-refractivity contribution < 1.29 is 19.7 Å². The zero-order valence-corrected chi connectivity index (χ0v) is 15.9. The van der Waals surface area contributed by atoms with E-state index in [2.05, 4.69) is 20.8 Å². The summed E-state index contributed by atoms with van der Waals surface area (Å²) in [6, 6.07) is 0. The van der Waals surface area contributed by atoms with E-state index >= 15 is 0 Å².